The van der Waals surface area contributed by atoms with Crippen molar-refractivity contribution in [3.05, 3.63) is 57.5 Å². The van der Waals surface area contributed by atoms with Gasteiger partial charge >= 0.3 is 0 Å². The van der Waals surface area contributed by atoms with Crippen LogP contribution in [0.2, 0.25) is 4.47 Å². The van der Waals surface area contributed by atoms with E-state index >= 15 is 0 Å². The Balaban J connectivity index is 1.58. The highest BCUT2D eigenvalue weighted by molar-refractivity contribution is 7.15. The number of halogens is 2. The lowest BCUT2D eigenvalue weighted by Crippen LogP contribution is -2.00. The maximum Gasteiger partial charge on any atom is 0.183 e. The number of anilines is 1. The Bertz CT molecular complexity index is 804. The summed E-state index contributed by atoms with van der Waals surface area (Å²) in [7, 11) is 1.82. The van der Waals surface area contributed by atoms with Gasteiger partial charge in [-0.2, -0.15) is 5.10 Å². The van der Waals surface area contributed by atoms with Gasteiger partial charge in [0.1, 0.15) is 6.61 Å². The molecule has 0 atom stereocenters. The molecular formula is C15H14ClFN4OS. The van der Waals surface area contributed by atoms with Crippen LogP contribution < -0.4 is 10.1 Å². The first kappa shape index (κ1) is 15.8. The predicted octanol–water partition coefficient (Wildman–Crippen LogP) is 3.86. The Labute approximate surface area is 141 Å². The molecule has 0 bridgehead atoms. The van der Waals surface area contributed by atoms with Gasteiger partial charge in [0, 0.05) is 41.6 Å². The fourth-order valence-electron chi connectivity index (χ4n) is 1.99. The quantitative estimate of drug-likeness (QED) is 0.732. The maximum absolute atomic E-state index is 14.1. The van der Waals surface area contributed by atoms with E-state index < -0.39 is 5.82 Å². The third-order valence-corrected chi connectivity index (χ3v) is 4.19. The van der Waals surface area contributed by atoms with E-state index in [4.69, 9.17) is 16.3 Å². The third-order valence-electron chi connectivity index (χ3n) is 3.08. The summed E-state index contributed by atoms with van der Waals surface area (Å²) in [4.78, 5) is 4.94. The summed E-state index contributed by atoms with van der Waals surface area (Å²) in [5.41, 5.74) is 1.55. The zero-order valence-electron chi connectivity index (χ0n) is 12.3. The summed E-state index contributed by atoms with van der Waals surface area (Å²) < 4.78 is 21.7. The molecule has 0 radical (unpaired) electrons. The second-order valence-electron chi connectivity index (χ2n) is 4.89. The molecule has 0 saturated heterocycles. The largest absolute Gasteiger partial charge is 0.486 e. The molecule has 3 aromatic rings. The van der Waals surface area contributed by atoms with Gasteiger partial charge in [-0.1, -0.05) is 11.6 Å². The monoisotopic (exact) mass is 352 g/mol. The predicted molar refractivity (Wildman–Crippen MR) is 88.4 cm³/mol. The van der Waals surface area contributed by atoms with Gasteiger partial charge < -0.3 is 10.1 Å². The number of thiazole rings is 1. The van der Waals surface area contributed by atoms with E-state index in [1.807, 2.05) is 13.2 Å². The van der Waals surface area contributed by atoms with Crippen molar-refractivity contribution in [2.24, 2.45) is 7.05 Å². The molecular weight excluding hydrogens is 339 g/mol. The number of aryl methyl sites for hydroxylation is 1. The number of aromatic nitrogens is 3. The molecule has 23 heavy (non-hydrogen) atoms. The molecule has 120 valence electrons. The first-order chi connectivity index (χ1) is 11.1. The van der Waals surface area contributed by atoms with E-state index in [9.17, 15) is 4.39 Å². The Kier molecular flexibility index (Phi) is 4.78. The number of nitrogens with one attached hydrogen (secondary N) is 1. The highest BCUT2D eigenvalue weighted by Gasteiger charge is 2.07. The Morgan fingerprint density at radius 3 is 2.91 bits per heavy atom. The van der Waals surface area contributed by atoms with Crippen LogP contribution in [-0.2, 0) is 20.2 Å². The van der Waals surface area contributed by atoms with Crippen LogP contribution in [0.4, 0.5) is 10.1 Å². The van der Waals surface area contributed by atoms with Crippen LogP contribution >= 0.6 is 22.9 Å². The molecule has 0 aliphatic carbocycles. The van der Waals surface area contributed by atoms with E-state index in [-0.39, 0.29) is 12.4 Å². The van der Waals surface area contributed by atoms with Gasteiger partial charge in [-0.15, -0.1) is 11.3 Å². The van der Waals surface area contributed by atoms with Gasteiger partial charge in [0.15, 0.2) is 16.0 Å². The maximum atomic E-state index is 14.1. The van der Waals surface area contributed by atoms with Crippen LogP contribution in [0.5, 0.6) is 5.75 Å². The number of hydrogen-bond donors (Lipinski definition) is 1. The molecule has 3 rings (SSSR count). The zero-order chi connectivity index (χ0) is 16.2. The number of hydrogen-bond acceptors (Lipinski definition) is 5. The lowest BCUT2D eigenvalue weighted by molar-refractivity contribution is 0.290. The zero-order valence-corrected chi connectivity index (χ0v) is 13.9. The number of benzene rings is 1. The average Bonchev–Trinajstić information content (AvgIpc) is 3.12. The molecule has 0 aliphatic rings. The SMILES string of the molecule is Cn1cc(COc2ccc(NCc3cnc(Cl)s3)cc2F)cn1. The number of ether oxygens (including phenoxy) is 1. The van der Waals surface area contributed by atoms with E-state index in [0.717, 1.165) is 10.4 Å². The van der Waals surface area contributed by atoms with E-state index in [1.165, 1.54) is 17.4 Å². The second-order valence-corrected chi connectivity index (χ2v) is 6.59. The molecule has 0 spiro atoms. The highest BCUT2D eigenvalue weighted by atomic mass is 35.5. The van der Waals surface area contributed by atoms with Crippen LogP contribution in [0.1, 0.15) is 10.4 Å². The van der Waals surface area contributed by atoms with Crippen LogP contribution in [0.15, 0.2) is 36.8 Å². The van der Waals surface area contributed by atoms with Crippen molar-refractivity contribution >= 4 is 28.6 Å². The van der Waals surface area contributed by atoms with Crippen molar-refractivity contribution in [1.29, 1.82) is 0 Å². The fraction of sp³-hybridized carbons (Fsp3) is 0.200. The Hall–Kier alpha value is -2.12. The number of nitrogens with zero attached hydrogens (tertiary/aromatic N) is 3. The molecule has 0 amide bonds. The van der Waals surface area contributed by atoms with Crippen LogP contribution in [0.3, 0.4) is 0 Å². The van der Waals surface area contributed by atoms with Crippen LogP contribution in [0, 0.1) is 5.82 Å². The average molecular weight is 353 g/mol. The third kappa shape index (κ3) is 4.20. The summed E-state index contributed by atoms with van der Waals surface area (Å²) in [6.07, 6.45) is 5.21. The molecule has 1 N–H and O–H groups in total. The van der Waals surface area contributed by atoms with Crippen molar-refractivity contribution in [3.63, 3.8) is 0 Å². The van der Waals surface area contributed by atoms with Crippen molar-refractivity contribution in [1.82, 2.24) is 14.8 Å². The topological polar surface area (TPSA) is 52.0 Å². The summed E-state index contributed by atoms with van der Waals surface area (Å²) in [5.74, 6) is -0.207. The van der Waals surface area contributed by atoms with Gasteiger partial charge in [-0.05, 0) is 12.1 Å². The van der Waals surface area contributed by atoms with Crippen LogP contribution in [-0.4, -0.2) is 14.8 Å². The lowest BCUT2D eigenvalue weighted by atomic mass is 10.3. The normalized spacial score (nSPS) is 10.7. The molecule has 0 saturated carbocycles. The smallest absolute Gasteiger partial charge is 0.183 e. The van der Waals surface area contributed by atoms with Gasteiger partial charge in [0.05, 0.1) is 12.7 Å². The van der Waals surface area contributed by atoms with Crippen molar-refractivity contribution in [3.8, 4) is 5.75 Å². The highest BCUT2D eigenvalue weighted by Crippen LogP contribution is 2.24. The first-order valence-electron chi connectivity index (χ1n) is 6.84. The van der Waals surface area contributed by atoms with E-state index in [0.29, 0.717) is 16.7 Å². The van der Waals surface area contributed by atoms with Crippen molar-refractivity contribution in [2.75, 3.05) is 5.32 Å². The minimum Gasteiger partial charge on any atom is -0.486 e. The lowest BCUT2D eigenvalue weighted by Gasteiger charge is -2.09. The molecule has 8 heteroatoms. The van der Waals surface area contributed by atoms with Crippen molar-refractivity contribution < 1.29 is 9.13 Å². The van der Waals surface area contributed by atoms with Crippen LogP contribution in [0.25, 0.3) is 0 Å². The summed E-state index contributed by atoms with van der Waals surface area (Å²) in [5, 5.41) is 7.16. The second kappa shape index (κ2) is 6.97. The molecule has 2 aromatic heterocycles. The minimum atomic E-state index is -0.416. The molecule has 0 unspecified atom stereocenters. The summed E-state index contributed by atoms with van der Waals surface area (Å²) in [6, 6.07) is 4.78. The Morgan fingerprint density at radius 2 is 2.26 bits per heavy atom. The molecule has 0 fully saturated rings. The standard InChI is InChI=1S/C15H14ClFN4OS/c1-21-8-10(5-20-21)9-22-14-3-2-11(4-13(14)17)18-6-12-7-19-15(16)23-12/h2-5,7-8,18H,6,9H2,1H3. The van der Waals surface area contributed by atoms with E-state index in [2.05, 4.69) is 15.4 Å². The Morgan fingerprint density at radius 1 is 1.39 bits per heavy atom. The minimum absolute atomic E-state index is 0.209. The molecule has 1 aromatic carbocycles. The van der Waals surface area contributed by atoms with Gasteiger partial charge in [0.25, 0.3) is 0 Å². The summed E-state index contributed by atoms with van der Waals surface area (Å²) >= 11 is 7.16. The summed E-state index contributed by atoms with van der Waals surface area (Å²) in [6.45, 7) is 0.816. The van der Waals surface area contributed by atoms with E-state index in [1.54, 1.807) is 29.2 Å². The van der Waals surface area contributed by atoms with Crippen molar-refractivity contribution in [2.45, 2.75) is 13.2 Å². The molecule has 5 nitrogen and oxygen atoms in total. The van der Waals surface area contributed by atoms with Gasteiger partial charge in [0.2, 0.25) is 0 Å². The molecule has 2 heterocycles. The first-order valence-corrected chi connectivity index (χ1v) is 8.03. The van der Waals surface area contributed by atoms with Gasteiger partial charge in [-0.25, -0.2) is 9.37 Å². The molecule has 0 aliphatic heterocycles. The number of rotatable bonds is 6. The van der Waals surface area contributed by atoms with Gasteiger partial charge in [-0.3, -0.25) is 4.68 Å². The fourth-order valence-corrected chi connectivity index (χ4v) is 2.91.